The zero-order chi connectivity index (χ0) is 8.10. The third-order valence-corrected chi connectivity index (χ3v) is 2.21. The van der Waals surface area contributed by atoms with Gasteiger partial charge in [-0.05, 0) is 16.1 Å². The van der Waals surface area contributed by atoms with E-state index in [0.29, 0.717) is 0 Å². The topological polar surface area (TPSA) is 46.5 Å². The molecule has 0 aliphatic rings. The van der Waals surface area contributed by atoms with Crippen molar-refractivity contribution in [2.45, 2.75) is 4.90 Å². The molecule has 0 aliphatic heterocycles. The van der Waals surface area contributed by atoms with Crippen LogP contribution in [0.25, 0.3) is 0 Å². The average molecular weight is 229 g/mol. The molecule has 1 atom stereocenters. The van der Waals surface area contributed by atoms with Crippen molar-refractivity contribution in [3.63, 3.8) is 0 Å². The summed E-state index contributed by atoms with van der Waals surface area (Å²) >= 11 is 0.895. The van der Waals surface area contributed by atoms with Crippen molar-refractivity contribution in [2.75, 3.05) is 0 Å². The predicted octanol–water partition coefficient (Wildman–Crippen LogP) is -0.524. The van der Waals surface area contributed by atoms with Crippen molar-refractivity contribution in [2.24, 2.45) is 0 Å². The van der Waals surface area contributed by atoms with Gasteiger partial charge in [0.2, 0.25) is 0 Å². The predicted molar refractivity (Wildman–Crippen MR) is 44.3 cm³/mol. The molecule has 0 saturated carbocycles. The number of hydrogen-bond acceptors (Lipinski definition) is 3. The minimum atomic E-state index is -2.51. The normalized spacial score (nSPS) is 10.2. The summed E-state index contributed by atoms with van der Waals surface area (Å²) in [5.74, 6) is 0. The second-order valence-electron chi connectivity index (χ2n) is 1.71. The molecule has 1 aromatic rings. The van der Waals surface area contributed by atoms with Crippen molar-refractivity contribution in [3.05, 3.63) is 30.3 Å². The average Bonchev–Trinajstić information content (AvgIpc) is 2.03. The third kappa shape index (κ3) is 5.80. The van der Waals surface area contributed by atoms with Gasteiger partial charge >= 0.3 is 59.6 Å². The molecule has 60 valence electrons. The molecule has 0 heterocycles. The molecule has 0 spiro atoms. The molecule has 1 aromatic carbocycles. The van der Waals surface area contributed by atoms with Crippen molar-refractivity contribution >= 4 is 20.3 Å². The maximum Gasteiger partial charge on any atom is 1.00 e. The quantitative estimate of drug-likeness (QED) is 0.430. The molecule has 1 unspecified atom stereocenters. The summed E-state index contributed by atoms with van der Waals surface area (Å²) in [5, 5.41) is 0. The van der Waals surface area contributed by atoms with E-state index in [9.17, 15) is 4.57 Å². The van der Waals surface area contributed by atoms with Crippen LogP contribution in [0.5, 0.6) is 0 Å². The largest absolute Gasteiger partial charge is 1.00 e. The zero-order valence-electron chi connectivity index (χ0n) is 7.51. The molecule has 0 radical (unpaired) electrons. The van der Waals surface area contributed by atoms with E-state index < -0.39 is 8.25 Å². The van der Waals surface area contributed by atoms with Crippen LogP contribution in [0.2, 0.25) is 0 Å². The van der Waals surface area contributed by atoms with E-state index in [1.165, 1.54) is 0 Å². The Bertz CT molecular complexity index is 249. The van der Waals surface area contributed by atoms with E-state index in [-0.39, 0.29) is 52.8 Å². The molecule has 1 rings (SSSR count). The van der Waals surface area contributed by atoms with Crippen molar-refractivity contribution in [1.29, 1.82) is 0 Å². The number of hydrogen-bond donors (Lipinski definition) is 1. The summed E-state index contributed by atoms with van der Waals surface area (Å²) < 4.78 is 14.5. The number of rotatable bonds is 3. The summed E-state index contributed by atoms with van der Waals surface area (Å²) in [5.41, 5.74) is 0. The van der Waals surface area contributed by atoms with E-state index in [2.05, 4.69) is 3.97 Å². The SMILES string of the molecule is O=[P+](O)OSc1ccccc1.[H-].[K+]. The van der Waals surface area contributed by atoms with Gasteiger partial charge in [-0.2, -0.15) is 0 Å². The van der Waals surface area contributed by atoms with Crippen LogP contribution in [-0.2, 0) is 8.54 Å². The first-order chi connectivity index (χ1) is 5.29. The van der Waals surface area contributed by atoms with Gasteiger partial charge in [-0.3, -0.25) is 0 Å². The van der Waals surface area contributed by atoms with Crippen LogP contribution >= 0.6 is 20.3 Å². The summed E-state index contributed by atoms with van der Waals surface area (Å²) in [6, 6.07) is 9.11. The first-order valence-corrected chi connectivity index (χ1v) is 4.72. The maximum absolute atomic E-state index is 10.1. The fraction of sp³-hybridized carbons (Fsp3) is 0. The Morgan fingerprint density at radius 2 is 2.00 bits per heavy atom. The Balaban J connectivity index is 0. The maximum atomic E-state index is 10.1. The molecule has 12 heavy (non-hydrogen) atoms. The van der Waals surface area contributed by atoms with Crippen LogP contribution in [-0.4, -0.2) is 4.89 Å². The van der Waals surface area contributed by atoms with E-state index in [1.54, 1.807) is 12.1 Å². The third-order valence-electron chi connectivity index (χ3n) is 0.940. The van der Waals surface area contributed by atoms with Crippen LogP contribution in [0.15, 0.2) is 35.2 Å². The fourth-order valence-corrected chi connectivity index (χ4v) is 1.42. The summed E-state index contributed by atoms with van der Waals surface area (Å²) in [6.07, 6.45) is 0. The van der Waals surface area contributed by atoms with Gasteiger partial charge in [-0.1, -0.05) is 18.2 Å². The van der Waals surface area contributed by atoms with Gasteiger partial charge in [0, 0.05) is 9.46 Å². The Morgan fingerprint density at radius 3 is 2.50 bits per heavy atom. The Kier molecular flexibility index (Phi) is 8.39. The van der Waals surface area contributed by atoms with E-state index in [4.69, 9.17) is 4.89 Å². The molecule has 0 aromatic heterocycles. The zero-order valence-corrected chi connectivity index (χ0v) is 11.3. The Morgan fingerprint density at radius 1 is 1.42 bits per heavy atom. The van der Waals surface area contributed by atoms with Gasteiger partial charge in [0.25, 0.3) is 0 Å². The van der Waals surface area contributed by atoms with Gasteiger partial charge in [0.1, 0.15) is 0 Å². The van der Waals surface area contributed by atoms with Gasteiger partial charge in [0.15, 0.2) is 0 Å². The molecule has 0 bridgehead atoms. The van der Waals surface area contributed by atoms with Crippen molar-refractivity contribution < 1.29 is 66.2 Å². The molecule has 3 nitrogen and oxygen atoms in total. The van der Waals surface area contributed by atoms with Gasteiger partial charge in [0.05, 0.1) is 12.0 Å². The van der Waals surface area contributed by atoms with Crippen molar-refractivity contribution in [3.8, 4) is 0 Å². The molecular formula is C6H7KO3PS+. The van der Waals surface area contributed by atoms with Crippen LogP contribution in [0.3, 0.4) is 0 Å². The monoisotopic (exact) mass is 229 g/mol. The second-order valence-corrected chi connectivity index (χ2v) is 3.42. The molecule has 6 heteroatoms. The van der Waals surface area contributed by atoms with Crippen LogP contribution in [0.4, 0.5) is 0 Å². The molecule has 1 N–H and O–H groups in total. The Hall–Kier alpha value is 1.23. The number of benzene rings is 1. The first-order valence-electron chi connectivity index (χ1n) is 2.85. The first kappa shape index (κ1) is 13.2. The summed E-state index contributed by atoms with van der Waals surface area (Å²) in [6.45, 7) is 0. The molecule has 0 saturated heterocycles. The van der Waals surface area contributed by atoms with Crippen LogP contribution in [0.1, 0.15) is 1.43 Å². The van der Waals surface area contributed by atoms with Crippen LogP contribution in [0, 0.1) is 0 Å². The van der Waals surface area contributed by atoms with Gasteiger partial charge < -0.3 is 1.43 Å². The van der Waals surface area contributed by atoms with Crippen LogP contribution < -0.4 is 51.4 Å². The van der Waals surface area contributed by atoms with Crippen molar-refractivity contribution in [1.82, 2.24) is 0 Å². The summed E-state index contributed by atoms with van der Waals surface area (Å²) in [7, 11) is -2.51. The minimum absolute atomic E-state index is 0. The van der Waals surface area contributed by atoms with E-state index >= 15 is 0 Å². The van der Waals surface area contributed by atoms with E-state index in [1.807, 2.05) is 18.2 Å². The molecule has 0 aliphatic carbocycles. The smallest absolute Gasteiger partial charge is 1.00 e. The molecule has 0 fully saturated rings. The van der Waals surface area contributed by atoms with Gasteiger partial charge in [-0.15, -0.1) is 4.89 Å². The second kappa shape index (κ2) is 7.61. The Labute approximate surface area is 120 Å². The minimum Gasteiger partial charge on any atom is -1.00 e. The van der Waals surface area contributed by atoms with E-state index in [0.717, 1.165) is 16.9 Å². The summed E-state index contributed by atoms with van der Waals surface area (Å²) in [4.78, 5) is 9.09. The fourth-order valence-electron chi connectivity index (χ4n) is 0.551. The molecular weight excluding hydrogens is 222 g/mol. The standard InChI is InChI=1S/C6H5O3PS.K.H/c7-10(8)9-11-6-4-2-1-3-5-6;;/h1-5H;;/q;+1;-1/p+1. The molecule has 0 amide bonds. The van der Waals surface area contributed by atoms with Gasteiger partial charge in [-0.25, -0.2) is 0 Å².